The molecule has 0 saturated carbocycles. The summed E-state index contributed by atoms with van der Waals surface area (Å²) in [6, 6.07) is 9.20. The lowest BCUT2D eigenvalue weighted by atomic mass is 10.0. The fourth-order valence-electron chi connectivity index (χ4n) is 4.72. The first-order chi connectivity index (χ1) is 18.2. The van der Waals surface area contributed by atoms with Crippen molar-refractivity contribution in [2.45, 2.75) is 148 Å². The fourth-order valence-corrected chi connectivity index (χ4v) is 4.72. The number of carboxylic acids is 1. The SMILES string of the molecule is O=C(O)CCCCCCCCCCCCCCCCCCCCCCCC=CC(=O)Oc1ccccc1. The average molecular weight is 515 g/mol. The zero-order valence-electron chi connectivity index (χ0n) is 23.5. The number of allylic oxidation sites excluding steroid dienone is 1. The smallest absolute Gasteiger partial charge is 0.335 e. The minimum atomic E-state index is -0.661. The van der Waals surface area contributed by atoms with Gasteiger partial charge in [-0.1, -0.05) is 146 Å². The van der Waals surface area contributed by atoms with Crippen molar-refractivity contribution in [2.75, 3.05) is 0 Å². The molecule has 1 N–H and O–H groups in total. The second-order valence-corrected chi connectivity index (χ2v) is 10.5. The van der Waals surface area contributed by atoms with E-state index in [9.17, 15) is 9.59 Å². The average Bonchev–Trinajstić information content (AvgIpc) is 2.89. The molecule has 0 spiro atoms. The summed E-state index contributed by atoms with van der Waals surface area (Å²) in [5.41, 5.74) is 0. The van der Waals surface area contributed by atoms with Gasteiger partial charge >= 0.3 is 11.9 Å². The molecule has 1 rings (SSSR count). The van der Waals surface area contributed by atoms with E-state index in [1.54, 1.807) is 18.2 Å². The summed E-state index contributed by atoms with van der Waals surface area (Å²) < 4.78 is 5.23. The van der Waals surface area contributed by atoms with Crippen molar-refractivity contribution < 1.29 is 19.4 Å². The fraction of sp³-hybridized carbons (Fsp3) is 0.697. The molecule has 0 aliphatic rings. The second kappa shape index (κ2) is 25.5. The van der Waals surface area contributed by atoms with E-state index in [1.807, 2.05) is 24.3 Å². The van der Waals surface area contributed by atoms with Gasteiger partial charge in [-0.25, -0.2) is 4.79 Å². The first-order valence-electron chi connectivity index (χ1n) is 15.3. The van der Waals surface area contributed by atoms with Crippen LogP contribution in [0.3, 0.4) is 0 Å². The maximum atomic E-state index is 11.7. The van der Waals surface area contributed by atoms with Crippen LogP contribution in [-0.4, -0.2) is 17.0 Å². The number of rotatable bonds is 26. The summed E-state index contributed by atoms with van der Waals surface area (Å²) >= 11 is 0. The Morgan fingerprint density at radius 2 is 0.946 bits per heavy atom. The number of benzene rings is 1. The molecule has 0 aliphatic heterocycles. The zero-order valence-corrected chi connectivity index (χ0v) is 23.5. The van der Waals surface area contributed by atoms with Crippen molar-refractivity contribution in [1.82, 2.24) is 0 Å². The third-order valence-electron chi connectivity index (χ3n) is 6.98. The monoisotopic (exact) mass is 514 g/mol. The van der Waals surface area contributed by atoms with E-state index in [0.717, 1.165) is 25.7 Å². The van der Waals surface area contributed by atoms with Crippen LogP contribution in [0.4, 0.5) is 0 Å². The Labute approximate surface area is 227 Å². The van der Waals surface area contributed by atoms with Crippen LogP contribution in [-0.2, 0) is 9.59 Å². The lowest BCUT2D eigenvalue weighted by Crippen LogP contribution is -2.03. The summed E-state index contributed by atoms with van der Waals surface area (Å²) in [7, 11) is 0. The van der Waals surface area contributed by atoms with E-state index in [1.165, 1.54) is 116 Å². The number of hydrogen-bond donors (Lipinski definition) is 1. The highest BCUT2D eigenvalue weighted by Crippen LogP contribution is 2.15. The third-order valence-corrected chi connectivity index (χ3v) is 6.98. The summed E-state index contributed by atoms with van der Waals surface area (Å²) in [6.07, 6.45) is 32.1. The van der Waals surface area contributed by atoms with Crippen molar-refractivity contribution in [1.29, 1.82) is 0 Å². The molecule has 0 atom stereocenters. The van der Waals surface area contributed by atoms with E-state index in [2.05, 4.69) is 0 Å². The van der Waals surface area contributed by atoms with Crippen LogP contribution in [0.15, 0.2) is 42.5 Å². The molecule has 0 aromatic heterocycles. The maximum Gasteiger partial charge on any atom is 0.335 e. The molecule has 0 amide bonds. The molecule has 0 fully saturated rings. The lowest BCUT2D eigenvalue weighted by Gasteiger charge is -2.04. The summed E-state index contributed by atoms with van der Waals surface area (Å²) in [5.74, 6) is -0.363. The van der Waals surface area contributed by atoms with Gasteiger partial charge in [0.2, 0.25) is 0 Å². The second-order valence-electron chi connectivity index (χ2n) is 10.5. The Morgan fingerprint density at radius 1 is 0.568 bits per heavy atom. The molecule has 0 bridgehead atoms. The molecule has 4 nitrogen and oxygen atoms in total. The van der Waals surface area contributed by atoms with E-state index in [4.69, 9.17) is 9.84 Å². The molecule has 37 heavy (non-hydrogen) atoms. The van der Waals surface area contributed by atoms with Crippen molar-refractivity contribution in [3.8, 4) is 5.75 Å². The van der Waals surface area contributed by atoms with E-state index in [0.29, 0.717) is 12.2 Å². The van der Waals surface area contributed by atoms with Crippen LogP contribution in [0.1, 0.15) is 148 Å². The third kappa shape index (κ3) is 24.0. The van der Waals surface area contributed by atoms with Gasteiger partial charge in [-0.15, -0.1) is 0 Å². The quantitative estimate of drug-likeness (QED) is 0.0578. The highest BCUT2D eigenvalue weighted by molar-refractivity contribution is 5.83. The lowest BCUT2D eigenvalue weighted by molar-refractivity contribution is -0.137. The van der Waals surface area contributed by atoms with Gasteiger partial charge in [-0.3, -0.25) is 4.79 Å². The Bertz CT molecular complexity index is 683. The highest BCUT2D eigenvalue weighted by Gasteiger charge is 1.99. The number of ether oxygens (including phenoxy) is 1. The molecule has 1 aromatic rings. The predicted octanol–water partition coefficient (Wildman–Crippen LogP) is 10.2. The van der Waals surface area contributed by atoms with Gasteiger partial charge in [0.25, 0.3) is 0 Å². The Kier molecular flexibility index (Phi) is 22.7. The number of carbonyl (C=O) groups excluding carboxylic acids is 1. The molecular weight excluding hydrogens is 460 g/mol. The van der Waals surface area contributed by atoms with Crippen molar-refractivity contribution >= 4 is 11.9 Å². The predicted molar refractivity (Wildman–Crippen MR) is 155 cm³/mol. The van der Waals surface area contributed by atoms with Crippen molar-refractivity contribution in [2.24, 2.45) is 0 Å². The van der Waals surface area contributed by atoms with Crippen LogP contribution in [0, 0.1) is 0 Å². The van der Waals surface area contributed by atoms with Gasteiger partial charge < -0.3 is 9.84 Å². The molecule has 1 aromatic carbocycles. The minimum absolute atomic E-state index is 0.294. The maximum absolute atomic E-state index is 11.7. The van der Waals surface area contributed by atoms with Gasteiger partial charge in [0.05, 0.1) is 0 Å². The van der Waals surface area contributed by atoms with Crippen molar-refractivity contribution in [3.05, 3.63) is 42.5 Å². The zero-order chi connectivity index (χ0) is 26.7. The van der Waals surface area contributed by atoms with Crippen LogP contribution in [0.5, 0.6) is 5.75 Å². The summed E-state index contributed by atoms with van der Waals surface area (Å²) in [5, 5.41) is 8.62. The van der Waals surface area contributed by atoms with Crippen LogP contribution >= 0.6 is 0 Å². The summed E-state index contributed by atoms with van der Waals surface area (Å²) in [6.45, 7) is 0. The molecule has 0 saturated heterocycles. The van der Waals surface area contributed by atoms with Crippen molar-refractivity contribution in [3.63, 3.8) is 0 Å². The Balaban J connectivity index is 1.71. The topological polar surface area (TPSA) is 63.6 Å². The first-order valence-corrected chi connectivity index (χ1v) is 15.3. The number of hydrogen-bond acceptors (Lipinski definition) is 3. The molecule has 0 unspecified atom stereocenters. The number of unbranched alkanes of at least 4 members (excludes halogenated alkanes) is 21. The largest absolute Gasteiger partial charge is 0.481 e. The highest BCUT2D eigenvalue weighted by atomic mass is 16.5. The van der Waals surface area contributed by atoms with Crippen LogP contribution in [0.2, 0.25) is 0 Å². The molecule has 210 valence electrons. The number of carbonyl (C=O) groups is 2. The molecule has 4 heteroatoms. The van der Waals surface area contributed by atoms with Crippen LogP contribution in [0.25, 0.3) is 0 Å². The number of carboxylic acid groups (broad SMARTS) is 1. The minimum Gasteiger partial charge on any atom is -0.481 e. The molecule has 0 radical (unpaired) electrons. The van der Waals surface area contributed by atoms with E-state index in [-0.39, 0.29) is 5.97 Å². The molecule has 0 aliphatic carbocycles. The Morgan fingerprint density at radius 3 is 1.35 bits per heavy atom. The standard InChI is InChI=1S/C33H54O4/c34-32(35)29-25-20-18-16-14-12-10-8-6-4-2-1-3-5-7-9-11-13-15-17-19-21-26-30-33(36)37-31-27-23-22-24-28-31/h22-24,26-28,30H,1-21,25,29H2,(H,34,35). The van der Waals surface area contributed by atoms with Gasteiger partial charge in [0, 0.05) is 12.5 Å². The summed E-state index contributed by atoms with van der Waals surface area (Å²) in [4.78, 5) is 22.2. The normalized spacial score (nSPS) is 11.2. The number of aliphatic carboxylic acids is 1. The number of esters is 1. The van der Waals surface area contributed by atoms with Crippen LogP contribution < -0.4 is 4.74 Å². The molecule has 0 heterocycles. The van der Waals surface area contributed by atoms with Gasteiger partial charge in [-0.2, -0.15) is 0 Å². The van der Waals surface area contributed by atoms with Gasteiger partial charge in [0.1, 0.15) is 5.75 Å². The number of para-hydroxylation sites is 1. The van der Waals surface area contributed by atoms with Gasteiger partial charge in [-0.05, 0) is 31.4 Å². The van der Waals surface area contributed by atoms with E-state index < -0.39 is 5.97 Å². The van der Waals surface area contributed by atoms with E-state index >= 15 is 0 Å². The Hall–Kier alpha value is -2.10. The first kappa shape index (κ1) is 32.9. The van der Waals surface area contributed by atoms with Gasteiger partial charge in [0.15, 0.2) is 0 Å². The molecular formula is C33H54O4.